The predicted molar refractivity (Wildman–Crippen MR) is 187 cm³/mol. The first-order valence-electron chi connectivity index (χ1n) is 19.2. The van der Waals surface area contributed by atoms with E-state index in [-0.39, 0.29) is 0 Å². The zero-order valence-corrected chi connectivity index (χ0v) is 35.0. The van der Waals surface area contributed by atoms with Gasteiger partial charge < -0.3 is 76.2 Å². The molecule has 0 aromatic rings. The van der Waals surface area contributed by atoms with Gasteiger partial charge in [0.25, 0.3) is 11.9 Å². The topological polar surface area (TPSA) is 280 Å². The lowest BCUT2D eigenvalue weighted by Crippen LogP contribution is -2.61. The van der Waals surface area contributed by atoms with Crippen LogP contribution < -0.4 is 0 Å². The maximum atomic E-state index is 12.3. The van der Waals surface area contributed by atoms with Crippen LogP contribution in [0, 0.1) is 0 Å². The van der Waals surface area contributed by atoms with E-state index in [4.69, 9.17) is 92.1 Å². The fourth-order valence-electron chi connectivity index (χ4n) is 7.63. The van der Waals surface area contributed by atoms with Crippen LogP contribution in [-0.4, -0.2) is 177 Å². The number of hydrogen-bond donors (Lipinski definition) is 1. The van der Waals surface area contributed by atoms with E-state index in [1.54, 1.807) is 6.92 Å². The number of aliphatic hydroxyl groups is 1. The molecule has 0 aromatic carbocycles. The summed E-state index contributed by atoms with van der Waals surface area (Å²) in [5, 5.41) is 11.8. The average molecular weight is 901 g/mol. The largest absolute Gasteiger partial charge is 0.463 e. The zero-order chi connectivity index (χ0) is 44.6. The highest BCUT2D eigenvalue weighted by Gasteiger charge is 2.63. The minimum absolute atomic E-state index is 0.413. The zero-order valence-electron chi connectivity index (χ0n) is 34.3. The summed E-state index contributed by atoms with van der Waals surface area (Å²) in [4.78, 5) is 72.3. The summed E-state index contributed by atoms with van der Waals surface area (Å²) < 4.78 is 98.5. The number of ether oxygens (including phenoxy) is 17. The number of carbonyl (C=O) groups excluding carboxylic acids is 6. The number of rotatable bonds is 14. The third-order valence-corrected chi connectivity index (χ3v) is 10.1. The van der Waals surface area contributed by atoms with Crippen LogP contribution >= 0.6 is 11.6 Å². The van der Waals surface area contributed by atoms with E-state index in [1.165, 1.54) is 13.8 Å². The van der Waals surface area contributed by atoms with E-state index in [9.17, 15) is 33.9 Å². The molecule has 6 aliphatic heterocycles. The Balaban J connectivity index is 1.18. The third-order valence-electron chi connectivity index (χ3n) is 9.87. The van der Waals surface area contributed by atoms with Crippen molar-refractivity contribution < 1.29 is 114 Å². The smallest absolute Gasteiger partial charge is 0.320 e. The standard InChI is InChI=1S/C36H49ClO24/c1-13(38)45-10-20-24(48-14(2)39)28(51-17(5)42)31-34(55-20)61-36(8,59-31)57-26-23(44)19(54-32-29(26)52-18(6)53-32)12-47-35(7)58-30-27(50-16(4)41)25(49-15(3)40)21(56-33(30)60-35)11-46-22(43)9-37/h18-21,23-34,44H,9-12H2,1-8H3/t18?,19-,20-,21-,23-,24-,25-,26+,27+,28+,29-,30-,31-,32+,33-,34-,35?,36?/m1/s1. The van der Waals surface area contributed by atoms with Gasteiger partial charge in [-0.05, 0) is 6.92 Å². The van der Waals surface area contributed by atoms with Gasteiger partial charge in [-0.1, -0.05) is 0 Å². The van der Waals surface area contributed by atoms with Crippen molar-refractivity contribution in [1.82, 2.24) is 0 Å². The van der Waals surface area contributed by atoms with Gasteiger partial charge in [-0.3, -0.25) is 38.2 Å². The maximum absolute atomic E-state index is 12.3. The Morgan fingerprint density at radius 1 is 0.541 bits per heavy atom. The van der Waals surface area contributed by atoms with E-state index in [0.717, 1.165) is 34.6 Å². The number of carbonyl (C=O) groups is 6. The van der Waals surface area contributed by atoms with Crippen molar-refractivity contribution in [2.45, 2.75) is 166 Å². The Hall–Kier alpha value is -3.37. The number of alkyl halides is 1. The molecule has 3 unspecified atom stereocenters. The summed E-state index contributed by atoms with van der Waals surface area (Å²) in [6.45, 7) is 8.57. The summed E-state index contributed by atoms with van der Waals surface area (Å²) in [5.41, 5.74) is 0. The van der Waals surface area contributed by atoms with E-state index in [1.807, 2.05) is 0 Å². The van der Waals surface area contributed by atoms with E-state index < -0.39 is 172 Å². The van der Waals surface area contributed by atoms with Crippen molar-refractivity contribution in [3.8, 4) is 0 Å². The Labute approximate surface area is 352 Å². The summed E-state index contributed by atoms with van der Waals surface area (Å²) >= 11 is 5.56. The van der Waals surface area contributed by atoms with E-state index in [2.05, 4.69) is 0 Å². The number of fused-ring (bicyclic) bond motifs is 3. The first-order chi connectivity index (χ1) is 28.7. The van der Waals surface area contributed by atoms with Crippen molar-refractivity contribution in [3.63, 3.8) is 0 Å². The van der Waals surface area contributed by atoms with Crippen LogP contribution in [0.1, 0.15) is 55.4 Å². The normalized spacial score (nSPS) is 42.6. The van der Waals surface area contributed by atoms with Gasteiger partial charge >= 0.3 is 35.8 Å². The second-order valence-electron chi connectivity index (χ2n) is 14.9. The lowest BCUT2D eigenvalue weighted by Gasteiger charge is -2.42. The van der Waals surface area contributed by atoms with Gasteiger partial charge in [0, 0.05) is 48.5 Å². The highest BCUT2D eigenvalue weighted by atomic mass is 35.5. The third kappa shape index (κ3) is 11.1. The van der Waals surface area contributed by atoms with Crippen molar-refractivity contribution in [2.75, 3.05) is 25.7 Å². The summed E-state index contributed by atoms with van der Waals surface area (Å²) in [7, 11) is 0. The number of aliphatic hydroxyl groups excluding tert-OH is 1. The number of esters is 6. The van der Waals surface area contributed by atoms with Gasteiger partial charge in [0.1, 0.15) is 55.7 Å². The Bertz CT molecular complexity index is 1650. The molecule has 0 aromatic heterocycles. The van der Waals surface area contributed by atoms with E-state index >= 15 is 0 Å². The van der Waals surface area contributed by atoms with Crippen LogP contribution in [0.5, 0.6) is 0 Å². The first-order valence-corrected chi connectivity index (χ1v) is 19.7. The molecule has 6 fully saturated rings. The molecule has 0 amide bonds. The lowest BCUT2D eigenvalue weighted by atomic mass is 9.98. The molecule has 0 aliphatic carbocycles. The predicted octanol–water partition coefficient (Wildman–Crippen LogP) is -1.06. The van der Waals surface area contributed by atoms with Crippen LogP contribution in [0.25, 0.3) is 0 Å². The van der Waals surface area contributed by atoms with E-state index in [0.29, 0.717) is 0 Å². The van der Waals surface area contributed by atoms with Crippen molar-refractivity contribution in [2.24, 2.45) is 0 Å². The van der Waals surface area contributed by atoms with Gasteiger partial charge in [0.2, 0.25) is 0 Å². The van der Waals surface area contributed by atoms with Crippen LogP contribution in [0.15, 0.2) is 0 Å². The number of halogens is 1. The molecule has 0 radical (unpaired) electrons. The van der Waals surface area contributed by atoms with Crippen LogP contribution in [0.4, 0.5) is 0 Å². The molecule has 1 N–H and O–H groups in total. The Morgan fingerprint density at radius 2 is 1.02 bits per heavy atom. The monoisotopic (exact) mass is 900 g/mol. The molecular weight excluding hydrogens is 852 g/mol. The molecule has 18 atom stereocenters. The lowest BCUT2D eigenvalue weighted by molar-refractivity contribution is -0.396. The van der Waals surface area contributed by atoms with Gasteiger partial charge in [0.15, 0.2) is 61.8 Å². The first kappa shape index (κ1) is 47.1. The fourth-order valence-corrected chi connectivity index (χ4v) is 7.71. The fraction of sp³-hybridized carbons (Fsp3) is 0.833. The summed E-state index contributed by atoms with van der Waals surface area (Å²) in [5.74, 6) is -9.07. The van der Waals surface area contributed by atoms with Crippen LogP contribution in [0.2, 0.25) is 0 Å². The molecule has 6 heterocycles. The number of hydrogen-bond acceptors (Lipinski definition) is 24. The van der Waals surface area contributed by atoms with Gasteiger partial charge in [-0.15, -0.1) is 11.6 Å². The molecular formula is C36H49ClO24. The highest BCUT2D eigenvalue weighted by Crippen LogP contribution is 2.44. The van der Waals surface area contributed by atoms with Crippen molar-refractivity contribution in [1.29, 1.82) is 0 Å². The molecule has 0 spiro atoms. The van der Waals surface area contributed by atoms with Gasteiger partial charge in [-0.2, -0.15) is 0 Å². The van der Waals surface area contributed by atoms with Crippen LogP contribution in [-0.2, 0) is 109 Å². The van der Waals surface area contributed by atoms with Gasteiger partial charge in [0.05, 0.1) is 6.61 Å². The average Bonchev–Trinajstić information content (AvgIpc) is 3.82. The van der Waals surface area contributed by atoms with Crippen molar-refractivity contribution in [3.05, 3.63) is 0 Å². The second-order valence-corrected chi connectivity index (χ2v) is 15.1. The molecule has 24 nitrogen and oxygen atoms in total. The van der Waals surface area contributed by atoms with Crippen molar-refractivity contribution >= 4 is 47.4 Å². The molecule has 6 saturated heterocycles. The molecule has 0 bridgehead atoms. The molecule has 61 heavy (non-hydrogen) atoms. The van der Waals surface area contributed by atoms with Crippen LogP contribution in [0.3, 0.4) is 0 Å². The molecule has 25 heteroatoms. The van der Waals surface area contributed by atoms with Gasteiger partial charge in [-0.25, -0.2) is 0 Å². The summed E-state index contributed by atoms with van der Waals surface area (Å²) in [6.07, 6.45) is -20.2. The quantitative estimate of drug-likeness (QED) is 0.123. The summed E-state index contributed by atoms with van der Waals surface area (Å²) in [6, 6.07) is 0. The minimum atomic E-state index is -2.07. The highest BCUT2D eigenvalue weighted by molar-refractivity contribution is 6.26. The molecule has 6 rings (SSSR count). The SMILES string of the molecule is CC(=O)OC[C@H]1O[C@@H]2OC(C)(O[C@H]3[C@H](O)[C@@H](COC4(C)O[C@H]5O[C@H](COC(=O)CCl)[C@@H](OC(C)=O)[C@H](OC(C)=O)[C@H]5O4)O[C@@H]4OC(C)O[C@@H]43)O[C@@H]2[C@@H](OC(C)=O)[C@@H]1OC(C)=O. The Morgan fingerprint density at radius 3 is 1.52 bits per heavy atom. The molecule has 0 saturated carbocycles. The maximum Gasteiger partial charge on any atom is 0.320 e. The molecule has 6 aliphatic rings. The second kappa shape index (κ2) is 19.2. The molecule has 344 valence electrons. The Kier molecular flexibility index (Phi) is 14.8. The minimum Gasteiger partial charge on any atom is -0.463 e.